The highest BCUT2D eigenvalue weighted by Crippen LogP contribution is 2.28. The molecule has 1 amide bonds. The number of nitrogens with zero attached hydrogens (tertiary/aromatic N) is 3. The van der Waals surface area contributed by atoms with Crippen molar-refractivity contribution < 1.29 is 9.53 Å². The number of aromatic nitrogens is 2. The molecule has 1 saturated heterocycles. The Labute approximate surface area is 211 Å². The summed E-state index contributed by atoms with van der Waals surface area (Å²) in [4.78, 5) is 14.0. The van der Waals surface area contributed by atoms with Crippen LogP contribution in [0, 0.1) is 11.3 Å². The van der Waals surface area contributed by atoms with E-state index in [1.807, 2.05) is 60.4 Å². The molecule has 0 bridgehead atoms. The summed E-state index contributed by atoms with van der Waals surface area (Å²) in [6.45, 7) is 3.32. The minimum Gasteiger partial charge on any atom is -0.376 e. The summed E-state index contributed by atoms with van der Waals surface area (Å²) in [7, 11) is 0. The Hall–Kier alpha value is -3.34. The number of unbranched alkanes of at least 4 members (excludes halogenated alkanes) is 1. The second-order valence-corrected chi connectivity index (χ2v) is 9.62. The van der Waals surface area contributed by atoms with E-state index < -0.39 is 5.91 Å². The van der Waals surface area contributed by atoms with Gasteiger partial charge in [-0.3, -0.25) is 4.79 Å². The van der Waals surface area contributed by atoms with E-state index in [9.17, 15) is 10.1 Å². The number of amides is 1. The van der Waals surface area contributed by atoms with Crippen molar-refractivity contribution in [1.29, 1.82) is 5.26 Å². The summed E-state index contributed by atoms with van der Waals surface area (Å²) < 4.78 is 7.35. The fourth-order valence-corrected chi connectivity index (χ4v) is 4.88. The highest BCUT2D eigenvalue weighted by Gasteiger charge is 2.19. The van der Waals surface area contributed by atoms with Crippen LogP contribution < -0.4 is 5.32 Å². The molecule has 2 heterocycles. The van der Waals surface area contributed by atoms with Gasteiger partial charge in [0.2, 0.25) is 0 Å². The van der Waals surface area contributed by atoms with Gasteiger partial charge in [-0.05, 0) is 55.4 Å². The molecule has 1 fully saturated rings. The van der Waals surface area contributed by atoms with Crippen molar-refractivity contribution in [2.75, 3.05) is 18.9 Å². The lowest BCUT2D eigenvalue weighted by molar-refractivity contribution is -0.117. The summed E-state index contributed by atoms with van der Waals surface area (Å²) in [5.41, 5.74) is 3.32. The topological polar surface area (TPSA) is 79.9 Å². The van der Waals surface area contributed by atoms with Crippen molar-refractivity contribution in [3.63, 3.8) is 0 Å². The number of nitriles is 1. The number of thioether (sulfide) groups is 1. The Bertz CT molecular complexity index is 1190. The molecule has 0 radical (unpaired) electrons. The van der Waals surface area contributed by atoms with Crippen LogP contribution in [0.4, 0.5) is 0 Å². The fraction of sp³-hybridized carbons (Fsp3) is 0.321. The molecule has 1 aliphatic rings. The summed E-state index contributed by atoms with van der Waals surface area (Å²) in [5.74, 6) is 0.697. The number of rotatable bonds is 10. The van der Waals surface area contributed by atoms with Crippen LogP contribution in [0.5, 0.6) is 0 Å². The number of nitrogens with one attached hydrogen (secondary N) is 1. The Kier molecular flexibility index (Phi) is 8.77. The minimum atomic E-state index is -0.399. The van der Waals surface area contributed by atoms with E-state index in [0.29, 0.717) is 12.1 Å². The minimum absolute atomic E-state index is 0.0176. The van der Waals surface area contributed by atoms with Crippen LogP contribution >= 0.6 is 11.8 Å². The second kappa shape index (κ2) is 12.4. The van der Waals surface area contributed by atoms with Gasteiger partial charge in [0.1, 0.15) is 11.6 Å². The van der Waals surface area contributed by atoms with Crippen LogP contribution in [-0.4, -0.2) is 40.7 Å². The quantitative estimate of drug-likeness (QED) is 0.174. The molecule has 0 aliphatic carbocycles. The molecular weight excluding hydrogens is 456 g/mol. The maximum atomic E-state index is 12.7. The average molecular weight is 487 g/mol. The molecule has 7 heteroatoms. The predicted octanol–water partition coefficient (Wildman–Crippen LogP) is 5.63. The van der Waals surface area contributed by atoms with Gasteiger partial charge in [0.15, 0.2) is 0 Å². The lowest BCUT2D eigenvalue weighted by atomic mass is 10.1. The zero-order chi connectivity index (χ0) is 24.5. The number of ether oxygens (including phenoxy) is 1. The second-order valence-electron chi connectivity index (χ2n) is 8.45. The molecule has 2 aromatic carbocycles. The van der Waals surface area contributed by atoms with Gasteiger partial charge in [-0.25, -0.2) is 4.68 Å². The first-order chi connectivity index (χ1) is 17.2. The van der Waals surface area contributed by atoms with Gasteiger partial charge in [0.25, 0.3) is 5.91 Å². The van der Waals surface area contributed by atoms with Crippen molar-refractivity contribution in [1.82, 2.24) is 15.1 Å². The monoisotopic (exact) mass is 486 g/mol. The lowest BCUT2D eigenvalue weighted by Gasteiger charge is -2.10. The molecule has 0 saturated carbocycles. The number of hydrogen-bond donors (Lipinski definition) is 1. The zero-order valence-corrected chi connectivity index (χ0v) is 20.8. The molecule has 1 N–H and O–H groups in total. The maximum absolute atomic E-state index is 12.7. The summed E-state index contributed by atoms with van der Waals surface area (Å²) in [6.07, 6.45) is 7.79. The van der Waals surface area contributed by atoms with Crippen LogP contribution in [0.25, 0.3) is 23.0 Å². The highest BCUT2D eigenvalue weighted by molar-refractivity contribution is 7.99. The third-order valence-electron chi connectivity index (χ3n) is 5.84. The number of hydrogen-bond acceptors (Lipinski definition) is 5. The number of para-hydroxylation sites is 1. The first-order valence-corrected chi connectivity index (χ1v) is 13.1. The number of benzene rings is 2. The normalized spacial score (nSPS) is 15.7. The zero-order valence-electron chi connectivity index (χ0n) is 19.9. The molecule has 35 heavy (non-hydrogen) atoms. The van der Waals surface area contributed by atoms with Crippen LogP contribution in [0.3, 0.4) is 0 Å². The molecule has 1 aliphatic heterocycles. The molecule has 6 nitrogen and oxygen atoms in total. The molecule has 1 atom stereocenters. The van der Waals surface area contributed by atoms with Gasteiger partial charge in [-0.15, -0.1) is 11.8 Å². The van der Waals surface area contributed by atoms with Crippen LogP contribution in [0.1, 0.15) is 38.2 Å². The van der Waals surface area contributed by atoms with E-state index in [1.54, 1.807) is 10.8 Å². The Balaban J connectivity index is 1.62. The van der Waals surface area contributed by atoms with Crippen molar-refractivity contribution in [3.05, 3.63) is 71.9 Å². The number of carbonyl (C=O) groups excluding carboxylic acids is 1. The van der Waals surface area contributed by atoms with Crippen LogP contribution in [-0.2, 0) is 9.53 Å². The molecule has 4 rings (SSSR count). The van der Waals surface area contributed by atoms with Gasteiger partial charge in [-0.2, -0.15) is 10.4 Å². The van der Waals surface area contributed by atoms with Crippen molar-refractivity contribution in [2.45, 2.75) is 43.6 Å². The van der Waals surface area contributed by atoms with Gasteiger partial charge < -0.3 is 10.1 Å². The molecule has 3 aromatic rings. The lowest BCUT2D eigenvalue weighted by Crippen LogP contribution is -2.32. The third-order valence-corrected chi connectivity index (χ3v) is 6.94. The molecule has 1 aromatic heterocycles. The van der Waals surface area contributed by atoms with Crippen molar-refractivity contribution >= 4 is 23.7 Å². The molecular formula is C28H30N4O2S. The summed E-state index contributed by atoms with van der Waals surface area (Å²) >= 11 is 1.85. The standard InChI is InChI=1S/C28H30N4O2S/c1-2-3-16-35-26-13-11-21(12-14-26)27-23(20-32(31-27)24-8-5-4-6-9-24)17-22(18-29)28(33)30-19-25-10-7-15-34-25/h4-6,8-9,11-14,17,20,25H,2-3,7,10,15-16,19H2,1H3,(H,30,33)/b22-17-. The Morgan fingerprint density at radius 2 is 2.06 bits per heavy atom. The maximum Gasteiger partial charge on any atom is 0.262 e. The van der Waals surface area contributed by atoms with E-state index >= 15 is 0 Å². The van der Waals surface area contributed by atoms with Crippen LogP contribution in [0.2, 0.25) is 0 Å². The molecule has 1 unspecified atom stereocenters. The van der Waals surface area contributed by atoms with E-state index in [0.717, 1.165) is 42.1 Å². The van der Waals surface area contributed by atoms with E-state index in [2.05, 4.69) is 30.4 Å². The van der Waals surface area contributed by atoms with E-state index in [-0.39, 0.29) is 11.7 Å². The summed E-state index contributed by atoms with van der Waals surface area (Å²) in [5, 5.41) is 17.4. The van der Waals surface area contributed by atoms with Crippen molar-refractivity contribution in [3.8, 4) is 23.0 Å². The van der Waals surface area contributed by atoms with Crippen molar-refractivity contribution in [2.24, 2.45) is 0 Å². The summed E-state index contributed by atoms with van der Waals surface area (Å²) in [6, 6.07) is 20.2. The van der Waals surface area contributed by atoms with Gasteiger partial charge in [-0.1, -0.05) is 43.7 Å². The van der Waals surface area contributed by atoms with Crippen LogP contribution in [0.15, 0.2) is 71.3 Å². The van der Waals surface area contributed by atoms with Gasteiger partial charge in [0.05, 0.1) is 17.5 Å². The van der Waals surface area contributed by atoms with E-state index in [1.165, 1.54) is 17.7 Å². The third kappa shape index (κ3) is 6.62. The van der Waals surface area contributed by atoms with E-state index in [4.69, 9.17) is 9.84 Å². The first kappa shape index (κ1) is 24.8. The van der Waals surface area contributed by atoms with Gasteiger partial charge in [0, 0.05) is 35.4 Å². The Morgan fingerprint density at radius 1 is 1.26 bits per heavy atom. The largest absolute Gasteiger partial charge is 0.376 e. The molecule has 0 spiro atoms. The molecule has 180 valence electrons. The smallest absolute Gasteiger partial charge is 0.262 e. The predicted molar refractivity (Wildman–Crippen MR) is 140 cm³/mol. The fourth-order valence-electron chi connectivity index (χ4n) is 3.88. The SMILES string of the molecule is CCCCSc1ccc(-c2nn(-c3ccccc3)cc2/C=C(/C#N)C(=O)NCC2CCCO2)cc1. The average Bonchev–Trinajstić information content (AvgIpc) is 3.57. The first-order valence-electron chi connectivity index (χ1n) is 12.1. The number of carbonyl (C=O) groups is 1. The van der Waals surface area contributed by atoms with Gasteiger partial charge >= 0.3 is 0 Å². The Morgan fingerprint density at radius 3 is 2.74 bits per heavy atom. The highest BCUT2D eigenvalue weighted by atomic mass is 32.2.